The van der Waals surface area contributed by atoms with E-state index >= 15 is 0 Å². The molecular weight excluding hydrogens is 350 g/mol. The molecule has 1 amide bonds. The Bertz CT molecular complexity index is 873. The van der Waals surface area contributed by atoms with E-state index in [1.165, 1.54) is 21.7 Å². The molecule has 1 N–H and O–H groups in total. The summed E-state index contributed by atoms with van der Waals surface area (Å²) in [4.78, 5) is 28.4. The number of rotatable bonds is 5. The van der Waals surface area contributed by atoms with Gasteiger partial charge in [0.2, 0.25) is 0 Å². The Balaban J connectivity index is 2.06. The Kier molecular flexibility index (Phi) is 5.11. The van der Waals surface area contributed by atoms with E-state index in [4.69, 9.17) is 0 Å². The van der Waals surface area contributed by atoms with E-state index in [1.807, 2.05) is 6.92 Å². The third kappa shape index (κ3) is 3.49. The van der Waals surface area contributed by atoms with Crippen LogP contribution in [0.4, 0.5) is 16.3 Å². The third-order valence-electron chi connectivity index (χ3n) is 5.36. The van der Waals surface area contributed by atoms with Gasteiger partial charge in [-0.3, -0.25) is 19.7 Å². The molecule has 9 nitrogen and oxygen atoms in total. The molecule has 9 heteroatoms. The van der Waals surface area contributed by atoms with E-state index in [9.17, 15) is 20.0 Å². The first-order chi connectivity index (χ1) is 12.8. The number of nitrogens with zero attached hydrogens (tertiary/aromatic N) is 5. The monoisotopic (exact) mass is 373 g/mol. The second kappa shape index (κ2) is 7.34. The molecule has 144 valence electrons. The molecule has 2 heterocycles. The van der Waals surface area contributed by atoms with Crippen LogP contribution in [-0.4, -0.2) is 36.9 Å². The first-order valence-electron chi connectivity index (χ1n) is 8.97. The van der Waals surface area contributed by atoms with Gasteiger partial charge in [-0.2, -0.15) is 5.10 Å². The van der Waals surface area contributed by atoms with E-state index in [2.05, 4.69) is 10.1 Å². The van der Waals surface area contributed by atoms with Gasteiger partial charge in [0.25, 0.3) is 5.69 Å². The van der Waals surface area contributed by atoms with Crippen LogP contribution in [0.3, 0.4) is 0 Å². The molecule has 0 spiro atoms. The molecule has 1 aliphatic carbocycles. The van der Waals surface area contributed by atoms with Crippen molar-refractivity contribution in [3.8, 4) is 11.3 Å². The fourth-order valence-electron chi connectivity index (χ4n) is 3.90. The Hall–Kier alpha value is -2.97. The molecule has 0 saturated heterocycles. The van der Waals surface area contributed by atoms with Crippen LogP contribution in [0.1, 0.15) is 38.3 Å². The summed E-state index contributed by atoms with van der Waals surface area (Å²) in [5.74, 6) is 0.734. The average Bonchev–Trinajstić information content (AvgIpc) is 3.25. The van der Waals surface area contributed by atoms with E-state index in [0.717, 1.165) is 25.7 Å². The number of aromatic nitrogens is 3. The van der Waals surface area contributed by atoms with E-state index in [0.29, 0.717) is 23.0 Å². The van der Waals surface area contributed by atoms with Crippen molar-refractivity contribution in [2.45, 2.75) is 45.6 Å². The topological polar surface area (TPSA) is 114 Å². The normalized spacial score (nSPS) is 15.7. The number of hydrogen-bond donors (Lipinski definition) is 1. The summed E-state index contributed by atoms with van der Waals surface area (Å²) in [6.07, 6.45) is 4.76. The van der Waals surface area contributed by atoms with Crippen LogP contribution in [0.2, 0.25) is 0 Å². The van der Waals surface area contributed by atoms with Gasteiger partial charge in [-0.05, 0) is 38.7 Å². The van der Waals surface area contributed by atoms with Crippen LogP contribution in [-0.2, 0) is 7.05 Å². The Labute approximate surface area is 156 Å². The van der Waals surface area contributed by atoms with Crippen LogP contribution in [0, 0.1) is 23.0 Å². The summed E-state index contributed by atoms with van der Waals surface area (Å²) in [6.45, 7) is 3.49. The van der Waals surface area contributed by atoms with Gasteiger partial charge in [0.15, 0.2) is 0 Å². The molecule has 3 rings (SSSR count). The number of carboxylic acid groups (broad SMARTS) is 1. The SMILES string of the molecule is Cc1nc(-c2cnn(C)c2N(C(=O)O)C(C)C2CCCC2)ccc1[N+](=O)[O-]. The van der Waals surface area contributed by atoms with Crippen molar-refractivity contribution in [2.24, 2.45) is 13.0 Å². The first-order valence-corrected chi connectivity index (χ1v) is 8.97. The van der Waals surface area contributed by atoms with Gasteiger partial charge in [0, 0.05) is 19.2 Å². The number of amides is 1. The van der Waals surface area contributed by atoms with Crippen molar-refractivity contribution in [3.63, 3.8) is 0 Å². The Morgan fingerprint density at radius 2 is 2.07 bits per heavy atom. The second-order valence-corrected chi connectivity index (χ2v) is 7.00. The second-order valence-electron chi connectivity index (χ2n) is 7.00. The minimum absolute atomic E-state index is 0.0707. The van der Waals surface area contributed by atoms with E-state index in [-0.39, 0.29) is 17.4 Å². The molecule has 1 saturated carbocycles. The van der Waals surface area contributed by atoms with Crippen molar-refractivity contribution < 1.29 is 14.8 Å². The zero-order valence-corrected chi connectivity index (χ0v) is 15.6. The summed E-state index contributed by atoms with van der Waals surface area (Å²) in [5, 5.41) is 25.2. The van der Waals surface area contributed by atoms with Crippen molar-refractivity contribution >= 4 is 17.6 Å². The van der Waals surface area contributed by atoms with Gasteiger partial charge in [-0.15, -0.1) is 0 Å². The zero-order valence-electron chi connectivity index (χ0n) is 15.6. The molecular formula is C18H23N5O4. The summed E-state index contributed by atoms with van der Waals surface area (Å²) >= 11 is 0. The number of carbonyl (C=O) groups is 1. The summed E-state index contributed by atoms with van der Waals surface area (Å²) in [6, 6.07) is 2.73. The van der Waals surface area contributed by atoms with Crippen molar-refractivity contribution in [2.75, 3.05) is 4.90 Å². The summed E-state index contributed by atoms with van der Waals surface area (Å²) < 4.78 is 1.52. The van der Waals surface area contributed by atoms with Gasteiger partial charge in [0.05, 0.1) is 22.4 Å². The first kappa shape index (κ1) is 18.8. The van der Waals surface area contributed by atoms with Crippen LogP contribution in [0.15, 0.2) is 18.3 Å². The van der Waals surface area contributed by atoms with Gasteiger partial charge < -0.3 is 5.11 Å². The molecule has 0 radical (unpaired) electrons. The molecule has 0 bridgehead atoms. The molecule has 1 atom stereocenters. The maximum absolute atomic E-state index is 12.1. The maximum atomic E-state index is 12.1. The quantitative estimate of drug-likeness (QED) is 0.630. The predicted molar refractivity (Wildman–Crippen MR) is 99.8 cm³/mol. The molecule has 27 heavy (non-hydrogen) atoms. The average molecular weight is 373 g/mol. The summed E-state index contributed by atoms with van der Waals surface area (Å²) in [7, 11) is 1.69. The van der Waals surface area contributed by atoms with Gasteiger partial charge >= 0.3 is 6.09 Å². The molecule has 1 unspecified atom stereocenters. The fraction of sp³-hybridized carbons (Fsp3) is 0.500. The third-order valence-corrected chi connectivity index (χ3v) is 5.36. The highest BCUT2D eigenvalue weighted by Crippen LogP contribution is 2.36. The molecule has 0 aromatic carbocycles. The highest BCUT2D eigenvalue weighted by atomic mass is 16.6. The highest BCUT2D eigenvalue weighted by Gasteiger charge is 2.34. The fourth-order valence-corrected chi connectivity index (χ4v) is 3.90. The lowest BCUT2D eigenvalue weighted by Gasteiger charge is -2.31. The Morgan fingerprint density at radius 1 is 1.41 bits per heavy atom. The van der Waals surface area contributed by atoms with Crippen LogP contribution < -0.4 is 4.90 Å². The number of hydrogen-bond acceptors (Lipinski definition) is 5. The molecule has 2 aromatic rings. The van der Waals surface area contributed by atoms with Gasteiger partial charge in [-0.1, -0.05) is 12.8 Å². The number of aryl methyl sites for hydroxylation is 2. The standard InChI is InChI=1S/C18H23N5O4/c1-11-16(23(26)27)9-8-15(20-11)14-10-19-21(3)17(14)22(18(24)25)12(2)13-6-4-5-7-13/h8-10,12-13H,4-7H2,1-3H3,(H,24,25). The molecule has 1 fully saturated rings. The lowest BCUT2D eigenvalue weighted by atomic mass is 9.98. The van der Waals surface area contributed by atoms with Gasteiger partial charge in [-0.25, -0.2) is 9.78 Å². The molecule has 2 aromatic heterocycles. The minimum atomic E-state index is -1.04. The zero-order chi connectivity index (χ0) is 19.7. The maximum Gasteiger partial charge on any atom is 0.413 e. The minimum Gasteiger partial charge on any atom is -0.465 e. The molecule has 0 aliphatic heterocycles. The van der Waals surface area contributed by atoms with Crippen LogP contribution in [0.5, 0.6) is 0 Å². The highest BCUT2D eigenvalue weighted by molar-refractivity contribution is 5.91. The van der Waals surface area contributed by atoms with Crippen molar-refractivity contribution in [1.29, 1.82) is 0 Å². The predicted octanol–water partition coefficient (Wildman–Crippen LogP) is 3.76. The van der Waals surface area contributed by atoms with Crippen LogP contribution in [0.25, 0.3) is 11.3 Å². The lowest BCUT2D eigenvalue weighted by molar-refractivity contribution is -0.385. The number of anilines is 1. The Morgan fingerprint density at radius 3 is 2.63 bits per heavy atom. The largest absolute Gasteiger partial charge is 0.465 e. The smallest absolute Gasteiger partial charge is 0.413 e. The molecule has 1 aliphatic rings. The number of nitro groups is 1. The van der Waals surface area contributed by atoms with Crippen LogP contribution >= 0.6 is 0 Å². The van der Waals surface area contributed by atoms with Gasteiger partial charge in [0.1, 0.15) is 11.5 Å². The number of pyridine rings is 1. The summed E-state index contributed by atoms with van der Waals surface area (Å²) in [5.41, 5.74) is 1.21. The van der Waals surface area contributed by atoms with Crippen molar-refractivity contribution in [1.82, 2.24) is 14.8 Å². The van der Waals surface area contributed by atoms with E-state index < -0.39 is 11.0 Å². The lowest BCUT2D eigenvalue weighted by Crippen LogP contribution is -2.43. The van der Waals surface area contributed by atoms with E-state index in [1.54, 1.807) is 20.2 Å². The van der Waals surface area contributed by atoms with Crippen molar-refractivity contribution in [3.05, 3.63) is 34.1 Å².